The summed E-state index contributed by atoms with van der Waals surface area (Å²) in [7, 11) is 0. The van der Waals surface area contributed by atoms with Gasteiger partial charge in [0, 0.05) is 21.8 Å². The lowest BCUT2D eigenvalue weighted by Gasteiger charge is -2.11. The molecule has 5 nitrogen and oxygen atoms in total. The van der Waals surface area contributed by atoms with E-state index in [1.165, 1.54) is 0 Å². The highest BCUT2D eigenvalue weighted by Gasteiger charge is 2.10. The molecule has 0 aliphatic heterocycles. The summed E-state index contributed by atoms with van der Waals surface area (Å²) in [5.74, 6) is 2.03. The normalized spacial score (nSPS) is 10.8. The van der Waals surface area contributed by atoms with E-state index < -0.39 is 5.97 Å². The van der Waals surface area contributed by atoms with Crippen LogP contribution in [0, 0.1) is 6.92 Å². The summed E-state index contributed by atoms with van der Waals surface area (Å²) in [5, 5.41) is 8.86. The summed E-state index contributed by atoms with van der Waals surface area (Å²) in [6.45, 7) is 1.57. The van der Waals surface area contributed by atoms with Crippen LogP contribution in [0.5, 0.6) is 5.75 Å². The van der Waals surface area contributed by atoms with Gasteiger partial charge in [0.2, 0.25) is 0 Å². The van der Waals surface area contributed by atoms with E-state index in [0.29, 0.717) is 5.75 Å². The Morgan fingerprint density at radius 3 is 1.89 bits per heavy atom. The van der Waals surface area contributed by atoms with Crippen molar-refractivity contribution < 1.29 is 23.5 Å². The molecule has 0 saturated heterocycles. The third kappa shape index (κ3) is 6.10. The number of aliphatic carboxylic acids is 1. The van der Waals surface area contributed by atoms with Crippen molar-refractivity contribution >= 4 is 23.3 Å². The van der Waals surface area contributed by atoms with E-state index in [2.05, 4.69) is 54.6 Å². The van der Waals surface area contributed by atoms with E-state index >= 15 is 0 Å². The molecule has 2 heterocycles. The van der Waals surface area contributed by atoms with Crippen LogP contribution in [0.4, 0.5) is 0 Å². The molecule has 190 valence electrons. The van der Waals surface area contributed by atoms with Crippen molar-refractivity contribution in [1.29, 1.82) is 0 Å². The smallest absolute Gasteiger partial charge is 0.341 e. The Morgan fingerprint density at radius 2 is 1.42 bits per heavy atom. The van der Waals surface area contributed by atoms with Gasteiger partial charge in [0.15, 0.2) is 6.61 Å². The first-order valence-electron chi connectivity index (χ1n) is 12.1. The third-order valence-electron chi connectivity index (χ3n) is 6.04. The summed E-state index contributed by atoms with van der Waals surface area (Å²) < 4.78 is 16.4. The fourth-order valence-electron chi connectivity index (χ4n) is 4.15. The van der Waals surface area contributed by atoms with E-state index in [-0.39, 0.29) is 6.61 Å². The van der Waals surface area contributed by atoms with Crippen LogP contribution in [-0.2, 0) is 4.79 Å². The van der Waals surface area contributed by atoms with Crippen LogP contribution in [-0.4, -0.2) is 23.4 Å². The summed E-state index contributed by atoms with van der Waals surface area (Å²) in [4.78, 5) is 11.9. The highest BCUT2D eigenvalue weighted by molar-refractivity contribution is 7.99. The molecular weight excluding hydrogens is 496 g/mol. The van der Waals surface area contributed by atoms with Crippen molar-refractivity contribution in [3.63, 3.8) is 0 Å². The first-order chi connectivity index (χ1) is 18.6. The van der Waals surface area contributed by atoms with Gasteiger partial charge in [0.25, 0.3) is 0 Å². The van der Waals surface area contributed by atoms with Crippen molar-refractivity contribution in [3.8, 4) is 28.4 Å². The Bertz CT molecular complexity index is 1430. The fourth-order valence-corrected chi connectivity index (χ4v) is 5.02. The second-order valence-corrected chi connectivity index (χ2v) is 9.74. The van der Waals surface area contributed by atoms with E-state index in [1.54, 1.807) is 24.3 Å². The van der Waals surface area contributed by atoms with Crippen LogP contribution < -0.4 is 4.74 Å². The van der Waals surface area contributed by atoms with Crippen LogP contribution in [0.25, 0.3) is 28.2 Å². The highest BCUT2D eigenvalue weighted by atomic mass is 32.2. The molecule has 0 bridgehead atoms. The number of hydrogen-bond donors (Lipinski definition) is 1. The lowest BCUT2D eigenvalue weighted by molar-refractivity contribution is -0.139. The molecular formula is C32H26O5S. The summed E-state index contributed by atoms with van der Waals surface area (Å²) in [5.41, 5.74) is 6.32. The van der Waals surface area contributed by atoms with Gasteiger partial charge < -0.3 is 18.7 Å². The number of carboxylic acids is 1. The molecule has 5 rings (SSSR count). The molecule has 0 aliphatic carbocycles. The minimum atomic E-state index is -0.991. The van der Waals surface area contributed by atoms with Crippen LogP contribution in [0.2, 0.25) is 0 Å². The topological polar surface area (TPSA) is 72.8 Å². The molecule has 0 radical (unpaired) electrons. The van der Waals surface area contributed by atoms with Gasteiger partial charge in [0.05, 0.1) is 12.5 Å². The van der Waals surface area contributed by atoms with E-state index in [4.69, 9.17) is 18.7 Å². The third-order valence-corrected chi connectivity index (χ3v) is 6.96. The molecule has 2 aromatic heterocycles. The van der Waals surface area contributed by atoms with Crippen LogP contribution >= 0.6 is 11.8 Å². The second kappa shape index (κ2) is 11.8. The minimum Gasteiger partial charge on any atom is -0.482 e. The molecule has 38 heavy (non-hydrogen) atoms. The van der Waals surface area contributed by atoms with E-state index in [9.17, 15) is 4.79 Å². The maximum absolute atomic E-state index is 10.8. The maximum Gasteiger partial charge on any atom is 0.341 e. The summed E-state index contributed by atoms with van der Waals surface area (Å²) in [6.07, 6.45) is 5.59. The monoisotopic (exact) mass is 522 g/mol. The number of rotatable bonds is 10. The van der Waals surface area contributed by atoms with Crippen molar-refractivity contribution in [3.05, 3.63) is 126 Å². The zero-order valence-corrected chi connectivity index (χ0v) is 21.6. The predicted molar refractivity (Wildman–Crippen MR) is 150 cm³/mol. The van der Waals surface area contributed by atoms with Gasteiger partial charge in [-0.15, -0.1) is 11.8 Å². The molecule has 1 N–H and O–H groups in total. The fraction of sp³-hybridized carbons (Fsp3) is 0.0938. The molecule has 3 aromatic carbocycles. The van der Waals surface area contributed by atoms with Crippen LogP contribution in [0.1, 0.15) is 16.7 Å². The standard InChI is InChI=1S/C32H26O5S/c1-22-20-27(14-15-29(22)37-21-32(33)34)38-19-16-28(23-6-10-25(11-7-23)30-4-2-17-35-30)24-8-12-26(13-9-24)31-5-3-18-36-31/h2-18,20H,19,21H2,1H3,(H,33,34). The molecule has 0 saturated carbocycles. The molecule has 0 unspecified atom stereocenters. The van der Waals surface area contributed by atoms with Gasteiger partial charge in [-0.1, -0.05) is 54.6 Å². The Labute approximate surface area is 225 Å². The van der Waals surface area contributed by atoms with E-state index in [0.717, 1.165) is 55.6 Å². The predicted octanol–water partition coefficient (Wildman–Crippen LogP) is 8.20. The Kier molecular flexibility index (Phi) is 7.81. The first-order valence-corrected chi connectivity index (χ1v) is 13.1. The van der Waals surface area contributed by atoms with Gasteiger partial charge in [-0.05, 0) is 71.7 Å². The van der Waals surface area contributed by atoms with E-state index in [1.807, 2.05) is 49.4 Å². The number of carboxylic acid groups (broad SMARTS) is 1. The lowest BCUT2D eigenvalue weighted by Crippen LogP contribution is -2.09. The van der Waals surface area contributed by atoms with Crippen molar-refractivity contribution in [1.82, 2.24) is 0 Å². The number of aryl methyl sites for hydroxylation is 1. The number of furan rings is 2. The number of benzene rings is 3. The Morgan fingerprint density at radius 1 is 0.842 bits per heavy atom. The van der Waals surface area contributed by atoms with Gasteiger partial charge in [-0.3, -0.25) is 0 Å². The van der Waals surface area contributed by atoms with Crippen LogP contribution in [0.3, 0.4) is 0 Å². The first kappa shape index (κ1) is 25.2. The largest absolute Gasteiger partial charge is 0.482 e. The van der Waals surface area contributed by atoms with Crippen LogP contribution in [0.15, 0.2) is 123 Å². The molecule has 0 spiro atoms. The van der Waals surface area contributed by atoms with Crippen molar-refractivity contribution in [2.24, 2.45) is 0 Å². The minimum absolute atomic E-state index is 0.350. The van der Waals surface area contributed by atoms with Crippen molar-refractivity contribution in [2.75, 3.05) is 12.4 Å². The number of ether oxygens (including phenoxy) is 1. The molecule has 0 fully saturated rings. The molecule has 0 atom stereocenters. The van der Waals surface area contributed by atoms with Crippen molar-refractivity contribution in [2.45, 2.75) is 11.8 Å². The molecule has 5 aromatic rings. The van der Waals surface area contributed by atoms with Gasteiger partial charge in [-0.2, -0.15) is 0 Å². The molecule has 0 aliphatic rings. The Balaban J connectivity index is 1.38. The number of thioether (sulfide) groups is 1. The second-order valence-electron chi connectivity index (χ2n) is 8.65. The zero-order valence-electron chi connectivity index (χ0n) is 20.8. The van der Waals surface area contributed by atoms with Gasteiger partial charge >= 0.3 is 5.97 Å². The van der Waals surface area contributed by atoms with Gasteiger partial charge in [-0.25, -0.2) is 4.79 Å². The number of carbonyl (C=O) groups is 1. The SMILES string of the molecule is Cc1cc(SCC=C(c2ccc(-c3ccco3)cc2)c2ccc(-c3ccco3)cc2)ccc1OCC(=O)O. The molecule has 0 amide bonds. The quantitative estimate of drug-likeness (QED) is 0.186. The summed E-state index contributed by atoms with van der Waals surface area (Å²) >= 11 is 1.71. The summed E-state index contributed by atoms with van der Waals surface area (Å²) in [6, 6.07) is 30.3. The van der Waals surface area contributed by atoms with Gasteiger partial charge in [0.1, 0.15) is 17.3 Å². The number of hydrogen-bond acceptors (Lipinski definition) is 5. The maximum atomic E-state index is 10.8. The average molecular weight is 523 g/mol. The average Bonchev–Trinajstić information content (AvgIpc) is 3.66. The highest BCUT2D eigenvalue weighted by Crippen LogP contribution is 2.31. The molecule has 6 heteroatoms. The lowest BCUT2D eigenvalue weighted by atomic mass is 9.95. The Hall–Kier alpha value is -4.42. The zero-order chi connectivity index (χ0) is 26.3.